The Kier molecular flexibility index (Phi) is 8.78. The lowest BCUT2D eigenvalue weighted by Gasteiger charge is -2.33. The molecule has 1 amide bonds. The van der Waals surface area contributed by atoms with Gasteiger partial charge in [0.2, 0.25) is 10.0 Å². The van der Waals surface area contributed by atoms with Crippen LogP contribution in [0.5, 0.6) is 5.75 Å². The Morgan fingerprint density at radius 1 is 1.03 bits per heavy atom. The van der Waals surface area contributed by atoms with Crippen molar-refractivity contribution in [2.24, 2.45) is 0 Å². The maximum absolute atomic E-state index is 13.2. The van der Waals surface area contributed by atoms with E-state index in [2.05, 4.69) is 5.32 Å². The van der Waals surface area contributed by atoms with E-state index in [9.17, 15) is 22.8 Å². The van der Waals surface area contributed by atoms with Gasteiger partial charge in [0.05, 0.1) is 11.4 Å². The largest absolute Gasteiger partial charge is 0.492 e. The first kappa shape index (κ1) is 25.4. The number of sulfonamides is 1. The molecule has 9 nitrogen and oxygen atoms in total. The van der Waals surface area contributed by atoms with Crippen LogP contribution in [0, 0.1) is 0 Å². The van der Waals surface area contributed by atoms with Crippen molar-refractivity contribution in [3.63, 3.8) is 0 Å². The number of hydrogen-bond donors (Lipinski definition) is 1. The lowest BCUT2D eigenvalue weighted by Crippen LogP contribution is -2.49. The number of nitrogens with one attached hydrogen (secondary N) is 1. The molecule has 10 heteroatoms. The molecule has 1 aliphatic rings. The predicted molar refractivity (Wildman–Crippen MR) is 124 cm³/mol. The minimum Gasteiger partial charge on any atom is -0.492 e. The lowest BCUT2D eigenvalue weighted by atomic mass is 10.1. The van der Waals surface area contributed by atoms with Crippen molar-refractivity contribution in [1.82, 2.24) is 9.62 Å². The maximum Gasteiger partial charge on any atom is 0.324 e. The molecule has 2 aromatic rings. The highest BCUT2D eigenvalue weighted by atomic mass is 32.2. The van der Waals surface area contributed by atoms with E-state index in [-0.39, 0.29) is 30.4 Å². The van der Waals surface area contributed by atoms with Crippen molar-refractivity contribution in [3.05, 3.63) is 60.2 Å². The number of piperidine rings is 1. The van der Waals surface area contributed by atoms with Gasteiger partial charge in [-0.1, -0.05) is 30.3 Å². The molecule has 1 heterocycles. The zero-order valence-corrected chi connectivity index (χ0v) is 19.8. The number of hydrogen-bond acceptors (Lipinski definition) is 7. The van der Waals surface area contributed by atoms with Crippen molar-refractivity contribution in [1.29, 1.82) is 0 Å². The van der Waals surface area contributed by atoms with E-state index < -0.39 is 34.5 Å². The third-order valence-corrected chi connectivity index (χ3v) is 7.30. The highest BCUT2D eigenvalue weighted by Crippen LogP contribution is 2.26. The Hall–Kier alpha value is -3.24. The zero-order valence-electron chi connectivity index (χ0n) is 18.9. The zero-order chi connectivity index (χ0) is 24.6. The Labute approximate surface area is 199 Å². The standard InChI is InChI=1S/C24H28N2O7S/c1-18(27)19-10-12-21(13-11-19)34(30,31)26-15-6-5-9-22(26)24(29)33-17-23(28)25-14-16-32-20-7-3-2-4-8-20/h2-4,7-8,10-13,22H,5-6,9,14-17H2,1H3,(H,25,28). The molecule has 1 saturated heterocycles. The van der Waals surface area contributed by atoms with Crippen LogP contribution in [0.1, 0.15) is 36.5 Å². The second kappa shape index (κ2) is 11.8. The Balaban J connectivity index is 1.53. The fourth-order valence-electron chi connectivity index (χ4n) is 3.59. The number of esters is 1. The molecule has 1 fully saturated rings. The Bertz CT molecular complexity index is 1100. The van der Waals surface area contributed by atoms with E-state index in [1.165, 1.54) is 31.2 Å². The maximum atomic E-state index is 13.2. The van der Waals surface area contributed by atoms with Crippen LogP contribution in [-0.4, -0.2) is 62.7 Å². The van der Waals surface area contributed by atoms with Crippen LogP contribution in [0.2, 0.25) is 0 Å². The van der Waals surface area contributed by atoms with E-state index in [0.29, 0.717) is 30.6 Å². The summed E-state index contributed by atoms with van der Waals surface area (Å²) in [5.41, 5.74) is 0.397. The van der Waals surface area contributed by atoms with E-state index in [1.807, 2.05) is 18.2 Å². The molecule has 34 heavy (non-hydrogen) atoms. The number of carbonyl (C=O) groups excluding carboxylic acids is 3. The van der Waals surface area contributed by atoms with Crippen LogP contribution >= 0.6 is 0 Å². The highest BCUT2D eigenvalue weighted by Gasteiger charge is 2.38. The summed E-state index contributed by atoms with van der Waals surface area (Å²) in [7, 11) is -3.98. The van der Waals surface area contributed by atoms with Crippen molar-refractivity contribution >= 4 is 27.7 Å². The minimum absolute atomic E-state index is 0.00615. The molecule has 1 N–H and O–H groups in total. The smallest absolute Gasteiger partial charge is 0.324 e. The summed E-state index contributed by atoms with van der Waals surface area (Å²) in [6, 6.07) is 13.7. The van der Waals surface area contributed by atoms with Crippen molar-refractivity contribution in [3.8, 4) is 5.75 Å². The molecule has 1 aliphatic heterocycles. The first-order chi connectivity index (χ1) is 16.3. The molecule has 3 rings (SSSR count). The van der Waals surface area contributed by atoms with Gasteiger partial charge in [0.1, 0.15) is 18.4 Å². The first-order valence-corrected chi connectivity index (χ1v) is 12.5. The van der Waals surface area contributed by atoms with Gasteiger partial charge in [-0.05, 0) is 50.5 Å². The molecule has 0 aliphatic carbocycles. The van der Waals surface area contributed by atoms with E-state index >= 15 is 0 Å². The first-order valence-electron chi connectivity index (χ1n) is 11.0. The molecule has 182 valence electrons. The van der Waals surface area contributed by atoms with Gasteiger partial charge in [-0.2, -0.15) is 4.31 Å². The minimum atomic E-state index is -3.98. The van der Waals surface area contributed by atoms with Crippen LogP contribution in [0.4, 0.5) is 0 Å². The molecule has 1 unspecified atom stereocenters. The SMILES string of the molecule is CC(=O)c1ccc(S(=O)(=O)N2CCCCC2C(=O)OCC(=O)NCCOc2ccccc2)cc1. The quantitative estimate of drug-likeness (QED) is 0.309. The second-order valence-corrected chi connectivity index (χ2v) is 9.72. The number of ether oxygens (including phenoxy) is 2. The van der Waals surface area contributed by atoms with Gasteiger partial charge >= 0.3 is 5.97 Å². The number of carbonyl (C=O) groups is 3. The molecule has 0 saturated carbocycles. The summed E-state index contributed by atoms with van der Waals surface area (Å²) in [4.78, 5) is 36.2. The van der Waals surface area contributed by atoms with Gasteiger partial charge in [-0.3, -0.25) is 14.4 Å². The van der Waals surface area contributed by atoms with Crippen LogP contribution in [0.3, 0.4) is 0 Å². The van der Waals surface area contributed by atoms with Crippen molar-refractivity contribution in [2.45, 2.75) is 37.1 Å². The average molecular weight is 489 g/mol. The Morgan fingerprint density at radius 2 is 1.74 bits per heavy atom. The van der Waals surface area contributed by atoms with E-state index in [1.54, 1.807) is 12.1 Å². The highest BCUT2D eigenvalue weighted by molar-refractivity contribution is 7.89. The van der Waals surface area contributed by atoms with Crippen LogP contribution in [0.25, 0.3) is 0 Å². The third-order valence-electron chi connectivity index (χ3n) is 5.37. The lowest BCUT2D eigenvalue weighted by molar-refractivity contribution is -0.153. The molecule has 1 atom stereocenters. The number of benzene rings is 2. The number of Topliss-reactive ketones (excluding diaryl/α,β-unsaturated/α-hetero) is 1. The molecular formula is C24H28N2O7S. The molecular weight excluding hydrogens is 460 g/mol. The number of rotatable bonds is 10. The fraction of sp³-hybridized carbons (Fsp3) is 0.375. The summed E-state index contributed by atoms with van der Waals surface area (Å²) in [5, 5.41) is 2.59. The second-order valence-electron chi connectivity index (χ2n) is 7.83. The van der Waals surface area contributed by atoms with Crippen molar-refractivity contribution < 1.29 is 32.3 Å². The predicted octanol–water partition coefficient (Wildman–Crippen LogP) is 2.17. The van der Waals surface area contributed by atoms with E-state index in [4.69, 9.17) is 9.47 Å². The van der Waals surface area contributed by atoms with Gasteiger partial charge in [-0.25, -0.2) is 8.42 Å². The number of ketones is 1. The van der Waals surface area contributed by atoms with Crippen LogP contribution < -0.4 is 10.1 Å². The Morgan fingerprint density at radius 3 is 2.41 bits per heavy atom. The van der Waals surface area contributed by atoms with E-state index in [0.717, 1.165) is 4.31 Å². The molecule has 0 spiro atoms. The number of amides is 1. The van der Waals surface area contributed by atoms with Gasteiger partial charge < -0.3 is 14.8 Å². The van der Waals surface area contributed by atoms with Crippen molar-refractivity contribution in [2.75, 3.05) is 26.3 Å². The van der Waals surface area contributed by atoms with Gasteiger partial charge in [0.25, 0.3) is 5.91 Å². The fourth-order valence-corrected chi connectivity index (χ4v) is 5.23. The summed E-state index contributed by atoms with van der Waals surface area (Å²) >= 11 is 0. The summed E-state index contributed by atoms with van der Waals surface area (Å²) in [6.45, 7) is 1.53. The third kappa shape index (κ3) is 6.64. The van der Waals surface area contributed by atoms with Gasteiger partial charge in [0.15, 0.2) is 12.4 Å². The molecule has 2 aromatic carbocycles. The summed E-state index contributed by atoms with van der Waals surface area (Å²) < 4.78 is 38.0. The monoisotopic (exact) mass is 488 g/mol. The average Bonchev–Trinajstić information content (AvgIpc) is 2.86. The number of nitrogens with zero attached hydrogens (tertiary/aromatic N) is 1. The van der Waals surface area contributed by atoms with Gasteiger partial charge in [0, 0.05) is 12.1 Å². The topological polar surface area (TPSA) is 119 Å². The molecule has 0 aromatic heterocycles. The summed E-state index contributed by atoms with van der Waals surface area (Å²) in [6.07, 6.45) is 1.57. The molecule has 0 radical (unpaired) electrons. The van der Waals surface area contributed by atoms with Crippen LogP contribution in [-0.2, 0) is 24.3 Å². The van der Waals surface area contributed by atoms with Gasteiger partial charge in [-0.15, -0.1) is 0 Å². The number of para-hydroxylation sites is 1. The summed E-state index contributed by atoms with van der Waals surface area (Å²) in [5.74, 6) is -0.764. The normalized spacial score (nSPS) is 16.4. The molecule has 0 bridgehead atoms. The van der Waals surface area contributed by atoms with Crippen LogP contribution in [0.15, 0.2) is 59.5 Å².